The van der Waals surface area contributed by atoms with Crippen LogP contribution in [0.3, 0.4) is 0 Å². The highest BCUT2D eigenvalue weighted by atomic mass is 16.5. The highest BCUT2D eigenvalue weighted by Crippen LogP contribution is 2.48. The Kier molecular flexibility index (Phi) is 3.57. The second-order valence-corrected chi connectivity index (χ2v) is 6.69. The lowest BCUT2D eigenvalue weighted by atomic mass is 10.1. The van der Waals surface area contributed by atoms with Crippen molar-refractivity contribution in [3.8, 4) is 5.88 Å². The first-order valence-electron chi connectivity index (χ1n) is 7.42. The van der Waals surface area contributed by atoms with Gasteiger partial charge in [-0.25, -0.2) is 0 Å². The smallest absolute Gasteiger partial charge is 0.236 e. The van der Waals surface area contributed by atoms with Crippen LogP contribution in [0.1, 0.15) is 19.4 Å². The Hall–Kier alpha value is -1.69. The molecule has 2 fully saturated rings. The summed E-state index contributed by atoms with van der Waals surface area (Å²) in [5.41, 5.74) is 0.515. The van der Waals surface area contributed by atoms with Crippen molar-refractivity contribution in [2.45, 2.75) is 26.3 Å². The molecule has 114 valence electrons. The second kappa shape index (κ2) is 5.26. The van der Waals surface area contributed by atoms with E-state index in [2.05, 4.69) is 20.8 Å². The number of piperidine rings is 1. The van der Waals surface area contributed by atoms with Crippen LogP contribution in [0, 0.1) is 24.7 Å². The molecular weight excluding hydrogens is 268 g/mol. The SMILES string of the molecule is Cc1ccnnc1OCC(C)(C)NC(=O)C1[C@H]2CNC[C@@H]12. The Morgan fingerprint density at radius 3 is 2.86 bits per heavy atom. The van der Waals surface area contributed by atoms with Gasteiger partial charge in [-0.15, -0.1) is 5.10 Å². The summed E-state index contributed by atoms with van der Waals surface area (Å²) in [7, 11) is 0. The first kappa shape index (κ1) is 14.3. The zero-order valence-electron chi connectivity index (χ0n) is 12.7. The van der Waals surface area contributed by atoms with Gasteiger partial charge in [0.1, 0.15) is 6.61 Å². The minimum absolute atomic E-state index is 0.149. The average molecular weight is 290 g/mol. The molecule has 1 amide bonds. The van der Waals surface area contributed by atoms with Gasteiger partial charge in [-0.05, 0) is 51.8 Å². The molecule has 1 unspecified atom stereocenters. The first-order valence-corrected chi connectivity index (χ1v) is 7.42. The number of nitrogens with zero attached hydrogens (tertiary/aromatic N) is 2. The number of amides is 1. The Bertz CT molecular complexity index is 536. The molecule has 6 nitrogen and oxygen atoms in total. The van der Waals surface area contributed by atoms with E-state index in [0.717, 1.165) is 18.7 Å². The number of rotatable bonds is 5. The van der Waals surface area contributed by atoms with Gasteiger partial charge in [0.05, 0.1) is 11.7 Å². The summed E-state index contributed by atoms with van der Waals surface area (Å²) in [6, 6.07) is 1.85. The maximum Gasteiger partial charge on any atom is 0.236 e. The number of carbonyl (C=O) groups excluding carboxylic acids is 1. The van der Waals surface area contributed by atoms with Crippen LogP contribution in [0.4, 0.5) is 0 Å². The minimum Gasteiger partial charge on any atom is -0.474 e. The van der Waals surface area contributed by atoms with Crippen LogP contribution < -0.4 is 15.4 Å². The summed E-state index contributed by atoms with van der Waals surface area (Å²) in [4.78, 5) is 12.3. The number of aryl methyl sites for hydroxylation is 1. The average Bonchev–Trinajstić information content (AvgIpc) is 2.92. The predicted octanol–water partition coefficient (Wildman–Crippen LogP) is 0.524. The van der Waals surface area contributed by atoms with E-state index in [1.165, 1.54) is 0 Å². The predicted molar refractivity (Wildman–Crippen MR) is 77.8 cm³/mol. The standard InChI is InChI=1S/C15H22N4O2/c1-9-4-5-17-19-14(9)21-8-15(2,3)18-13(20)12-10-6-16-7-11(10)12/h4-5,10-12,16H,6-8H2,1-3H3,(H,18,20)/t10-,11+,12?. The Morgan fingerprint density at radius 2 is 2.19 bits per heavy atom. The maximum atomic E-state index is 12.3. The molecule has 3 atom stereocenters. The molecule has 3 rings (SSSR count). The largest absolute Gasteiger partial charge is 0.474 e. The van der Waals surface area contributed by atoms with Crippen molar-refractivity contribution in [3.63, 3.8) is 0 Å². The molecule has 2 N–H and O–H groups in total. The van der Waals surface area contributed by atoms with Crippen LogP contribution in [0.5, 0.6) is 5.88 Å². The van der Waals surface area contributed by atoms with Gasteiger partial charge < -0.3 is 15.4 Å². The monoisotopic (exact) mass is 290 g/mol. The lowest BCUT2D eigenvalue weighted by Gasteiger charge is -2.26. The molecule has 1 aromatic heterocycles. The van der Waals surface area contributed by atoms with Crippen molar-refractivity contribution in [2.24, 2.45) is 17.8 Å². The fraction of sp³-hybridized carbons (Fsp3) is 0.667. The van der Waals surface area contributed by atoms with Crippen molar-refractivity contribution in [2.75, 3.05) is 19.7 Å². The quantitative estimate of drug-likeness (QED) is 0.827. The molecule has 6 heteroatoms. The molecule has 1 aromatic rings. The van der Waals surface area contributed by atoms with Crippen molar-refractivity contribution in [1.82, 2.24) is 20.8 Å². The summed E-state index contributed by atoms with van der Waals surface area (Å²) in [5.74, 6) is 1.92. The molecule has 1 aliphatic heterocycles. The fourth-order valence-electron chi connectivity index (χ4n) is 3.03. The molecule has 0 radical (unpaired) electrons. The minimum atomic E-state index is -0.425. The molecule has 0 aromatic carbocycles. The molecule has 0 bridgehead atoms. The molecule has 1 saturated heterocycles. The summed E-state index contributed by atoms with van der Waals surface area (Å²) in [5, 5.41) is 14.2. The van der Waals surface area contributed by atoms with Gasteiger partial charge in [0, 0.05) is 11.5 Å². The number of ether oxygens (including phenoxy) is 1. The van der Waals surface area contributed by atoms with E-state index in [1.54, 1.807) is 6.20 Å². The van der Waals surface area contributed by atoms with E-state index in [4.69, 9.17) is 4.74 Å². The van der Waals surface area contributed by atoms with E-state index in [-0.39, 0.29) is 11.8 Å². The van der Waals surface area contributed by atoms with Gasteiger partial charge in [-0.1, -0.05) is 0 Å². The molecular formula is C15H22N4O2. The first-order chi connectivity index (χ1) is 9.98. The molecule has 2 aliphatic rings. The summed E-state index contributed by atoms with van der Waals surface area (Å²) in [6.45, 7) is 8.17. The molecule has 1 saturated carbocycles. The maximum absolute atomic E-state index is 12.3. The van der Waals surface area contributed by atoms with Gasteiger partial charge in [0.15, 0.2) is 0 Å². The highest BCUT2D eigenvalue weighted by molar-refractivity contribution is 5.83. The number of hydrogen-bond donors (Lipinski definition) is 2. The van der Waals surface area contributed by atoms with Crippen molar-refractivity contribution in [1.29, 1.82) is 0 Å². The third-order valence-electron chi connectivity index (χ3n) is 4.30. The molecule has 1 aliphatic carbocycles. The molecule has 0 spiro atoms. The Morgan fingerprint density at radius 1 is 1.48 bits per heavy atom. The normalized spacial score (nSPS) is 27.1. The molecule has 2 heterocycles. The van der Waals surface area contributed by atoms with E-state index >= 15 is 0 Å². The zero-order chi connectivity index (χ0) is 15.0. The van der Waals surface area contributed by atoms with E-state index < -0.39 is 5.54 Å². The van der Waals surface area contributed by atoms with Crippen molar-refractivity contribution >= 4 is 5.91 Å². The van der Waals surface area contributed by atoms with Gasteiger partial charge in [0.25, 0.3) is 0 Å². The second-order valence-electron chi connectivity index (χ2n) is 6.69. The Labute approximate surface area is 124 Å². The van der Waals surface area contributed by atoms with E-state index in [0.29, 0.717) is 24.3 Å². The number of fused-ring (bicyclic) bond motifs is 1. The van der Waals surface area contributed by atoms with Gasteiger partial charge in [-0.3, -0.25) is 4.79 Å². The number of nitrogens with one attached hydrogen (secondary N) is 2. The van der Waals surface area contributed by atoms with E-state index in [9.17, 15) is 4.79 Å². The number of hydrogen-bond acceptors (Lipinski definition) is 5. The van der Waals surface area contributed by atoms with Crippen LogP contribution in [0.25, 0.3) is 0 Å². The zero-order valence-corrected chi connectivity index (χ0v) is 12.7. The molecule has 21 heavy (non-hydrogen) atoms. The van der Waals surface area contributed by atoms with Crippen LogP contribution in [-0.2, 0) is 4.79 Å². The van der Waals surface area contributed by atoms with Gasteiger partial charge in [-0.2, -0.15) is 5.10 Å². The third-order valence-corrected chi connectivity index (χ3v) is 4.30. The van der Waals surface area contributed by atoms with Gasteiger partial charge >= 0.3 is 0 Å². The summed E-state index contributed by atoms with van der Waals surface area (Å²) < 4.78 is 5.70. The van der Waals surface area contributed by atoms with Gasteiger partial charge in [0.2, 0.25) is 11.8 Å². The Balaban J connectivity index is 1.52. The van der Waals surface area contributed by atoms with E-state index in [1.807, 2.05) is 26.8 Å². The lowest BCUT2D eigenvalue weighted by Crippen LogP contribution is -2.49. The third kappa shape index (κ3) is 3.00. The summed E-state index contributed by atoms with van der Waals surface area (Å²) >= 11 is 0. The number of aromatic nitrogens is 2. The van der Waals surface area contributed by atoms with Crippen molar-refractivity contribution < 1.29 is 9.53 Å². The van der Waals surface area contributed by atoms with Crippen molar-refractivity contribution in [3.05, 3.63) is 17.8 Å². The lowest BCUT2D eigenvalue weighted by molar-refractivity contribution is -0.125. The highest BCUT2D eigenvalue weighted by Gasteiger charge is 2.57. The van der Waals surface area contributed by atoms with Crippen LogP contribution in [-0.4, -0.2) is 41.3 Å². The summed E-state index contributed by atoms with van der Waals surface area (Å²) in [6.07, 6.45) is 1.63. The fourth-order valence-corrected chi connectivity index (χ4v) is 3.03. The van der Waals surface area contributed by atoms with Crippen LogP contribution in [0.15, 0.2) is 12.3 Å². The van der Waals surface area contributed by atoms with Crippen LogP contribution >= 0.6 is 0 Å². The topological polar surface area (TPSA) is 76.1 Å². The van der Waals surface area contributed by atoms with Crippen LogP contribution in [0.2, 0.25) is 0 Å². The number of carbonyl (C=O) groups is 1.